The van der Waals surface area contributed by atoms with E-state index in [0.717, 1.165) is 61.4 Å². The average molecular weight is 1050 g/mol. The minimum absolute atomic E-state index is 0.227. The number of carbonyl (C=O) groups excluding carboxylic acids is 2. The topological polar surface area (TPSA) is 117 Å². The second-order valence-electron chi connectivity index (χ2n) is 21.3. The molecule has 0 aliphatic carbocycles. The Labute approximate surface area is 439 Å². The van der Waals surface area contributed by atoms with Crippen LogP contribution in [0, 0.1) is 0 Å². The number of esters is 2. The summed E-state index contributed by atoms with van der Waals surface area (Å²) in [5.41, 5.74) is 3.14. The zero-order valence-electron chi connectivity index (χ0n) is 44.2. The largest absolute Gasteiger partial charge is 0.489 e. The first-order valence-electron chi connectivity index (χ1n) is 24.5. The second kappa shape index (κ2) is 24.6. The van der Waals surface area contributed by atoms with Crippen LogP contribution in [0.25, 0.3) is 0 Å². The lowest BCUT2D eigenvalue weighted by atomic mass is 9.87. The van der Waals surface area contributed by atoms with E-state index < -0.39 is 11.9 Å². The molecule has 0 spiro atoms. The molecule has 0 N–H and O–H groups in total. The molecule has 71 heavy (non-hydrogen) atoms. The van der Waals surface area contributed by atoms with Gasteiger partial charge >= 0.3 is 11.9 Å². The van der Waals surface area contributed by atoms with E-state index in [1.165, 1.54) is 47.0 Å². The highest BCUT2D eigenvalue weighted by Crippen LogP contribution is 2.56. The predicted molar refractivity (Wildman–Crippen MR) is 285 cm³/mol. The summed E-state index contributed by atoms with van der Waals surface area (Å²) >= 11 is 6.14. The molecule has 4 aromatic carbocycles. The molecule has 15 heteroatoms. The van der Waals surface area contributed by atoms with Crippen molar-refractivity contribution in [1.82, 2.24) is 0 Å². The number of hydrogen-bond acceptors (Lipinski definition) is 15. The highest BCUT2D eigenvalue weighted by atomic mass is 32.2. The highest BCUT2D eigenvalue weighted by molar-refractivity contribution is 8.01. The second-order valence-corrected chi connectivity index (χ2v) is 25.7. The molecule has 0 amide bonds. The summed E-state index contributed by atoms with van der Waals surface area (Å²) in [6.07, 6.45) is 0. The van der Waals surface area contributed by atoms with Crippen molar-refractivity contribution in [2.45, 2.75) is 158 Å². The Hall–Kier alpha value is -3.70. The molecule has 0 radical (unpaired) electrons. The molecule has 0 unspecified atom stereocenters. The van der Waals surface area contributed by atoms with Gasteiger partial charge in [0.15, 0.2) is 13.2 Å². The lowest BCUT2D eigenvalue weighted by Gasteiger charge is -2.28. The smallest absolute Gasteiger partial charge is 0.344 e. The SMILES string of the molecule is CCOC(=O)COc1c2cc(C(C)(C)C)cc1Sc1cc(C(C)(C)C)cc3c1OCCOCCOCCOCCOc1c(cc(C(C)(C)C)cc1Sc1cc(C(C)(C)C)cc(c1OCC(=O)OCC)S3)S2. The Balaban J connectivity index is 1.79. The number of carbonyl (C=O) groups is 2. The van der Waals surface area contributed by atoms with Gasteiger partial charge in [-0.15, -0.1) is 0 Å². The van der Waals surface area contributed by atoms with E-state index in [2.05, 4.69) is 132 Å². The molecule has 10 bridgehead atoms. The van der Waals surface area contributed by atoms with Crippen LogP contribution >= 0.6 is 47.0 Å². The van der Waals surface area contributed by atoms with E-state index in [-0.39, 0.29) is 61.3 Å². The Bertz CT molecular complexity index is 2230. The van der Waals surface area contributed by atoms with E-state index in [4.69, 9.17) is 42.6 Å². The summed E-state index contributed by atoms with van der Waals surface area (Å²) in [5.74, 6) is 1.44. The maximum absolute atomic E-state index is 13.2. The minimum atomic E-state index is -0.466. The van der Waals surface area contributed by atoms with E-state index in [1.54, 1.807) is 13.8 Å². The quantitative estimate of drug-likeness (QED) is 0.137. The van der Waals surface area contributed by atoms with Gasteiger partial charge in [-0.2, -0.15) is 0 Å². The predicted octanol–water partition coefficient (Wildman–Crippen LogP) is 13.5. The lowest BCUT2D eigenvalue weighted by molar-refractivity contribution is -0.146. The summed E-state index contributed by atoms with van der Waals surface area (Å²) in [6, 6.07) is 17.5. The van der Waals surface area contributed by atoms with Gasteiger partial charge in [0.1, 0.15) is 36.2 Å². The van der Waals surface area contributed by atoms with Crippen molar-refractivity contribution in [1.29, 1.82) is 0 Å². The number of hydrogen-bond donors (Lipinski definition) is 0. The van der Waals surface area contributed by atoms with E-state index in [9.17, 15) is 9.59 Å². The molecule has 2 aliphatic heterocycles. The number of benzene rings is 4. The average Bonchev–Trinajstić information content (AvgIpc) is 3.26. The summed E-state index contributed by atoms with van der Waals surface area (Å²) in [6.45, 7) is 32.5. The Morgan fingerprint density at radius 1 is 0.408 bits per heavy atom. The molecule has 0 saturated heterocycles. The molecule has 4 aromatic rings. The molecular formula is C56H74O11S4. The normalized spacial score (nSPS) is 15.5. The maximum atomic E-state index is 13.2. The van der Waals surface area contributed by atoms with Crippen molar-refractivity contribution < 1.29 is 52.2 Å². The van der Waals surface area contributed by atoms with Crippen LogP contribution < -0.4 is 18.9 Å². The molecule has 0 aromatic heterocycles. The number of fused-ring (bicyclic) bond motifs is 2. The fraction of sp³-hybridized carbons (Fsp3) is 0.536. The summed E-state index contributed by atoms with van der Waals surface area (Å²) in [7, 11) is 0. The van der Waals surface area contributed by atoms with Gasteiger partial charge in [0.2, 0.25) is 0 Å². The molecular weight excluding hydrogens is 977 g/mol. The lowest BCUT2D eigenvalue weighted by Crippen LogP contribution is -2.17. The van der Waals surface area contributed by atoms with Crippen LogP contribution in [0.3, 0.4) is 0 Å². The van der Waals surface area contributed by atoms with Crippen molar-refractivity contribution in [2.24, 2.45) is 0 Å². The third-order valence-corrected chi connectivity index (χ3v) is 15.6. The molecule has 6 rings (SSSR count). The van der Waals surface area contributed by atoms with Crippen LogP contribution in [0.4, 0.5) is 0 Å². The third-order valence-electron chi connectivity index (χ3n) is 11.4. The fourth-order valence-corrected chi connectivity index (χ4v) is 12.1. The van der Waals surface area contributed by atoms with Gasteiger partial charge < -0.3 is 42.6 Å². The number of rotatable bonds is 8. The molecule has 2 aliphatic rings. The molecule has 0 atom stereocenters. The highest BCUT2D eigenvalue weighted by Gasteiger charge is 2.31. The summed E-state index contributed by atoms with van der Waals surface area (Å²) < 4.78 is 56.1. The van der Waals surface area contributed by atoms with Crippen LogP contribution in [-0.2, 0) is 54.9 Å². The van der Waals surface area contributed by atoms with E-state index in [1.807, 2.05) is 0 Å². The Morgan fingerprint density at radius 3 is 0.887 bits per heavy atom. The first-order chi connectivity index (χ1) is 33.5. The van der Waals surface area contributed by atoms with Gasteiger partial charge in [-0.1, -0.05) is 130 Å². The van der Waals surface area contributed by atoms with E-state index >= 15 is 0 Å². The van der Waals surface area contributed by atoms with Crippen LogP contribution in [0.15, 0.2) is 87.7 Å². The van der Waals surface area contributed by atoms with Crippen molar-refractivity contribution in [2.75, 3.05) is 79.3 Å². The van der Waals surface area contributed by atoms with Crippen molar-refractivity contribution in [3.8, 4) is 23.0 Å². The minimum Gasteiger partial charge on any atom is -0.489 e. The fourth-order valence-electron chi connectivity index (χ4n) is 7.30. The van der Waals surface area contributed by atoms with Gasteiger partial charge in [-0.3, -0.25) is 0 Å². The molecule has 388 valence electrons. The molecule has 2 heterocycles. The van der Waals surface area contributed by atoms with Crippen LogP contribution in [0.2, 0.25) is 0 Å². The summed E-state index contributed by atoms with van der Waals surface area (Å²) in [4.78, 5) is 33.0. The summed E-state index contributed by atoms with van der Waals surface area (Å²) in [5, 5.41) is 0. The van der Waals surface area contributed by atoms with Gasteiger partial charge in [0.05, 0.1) is 92.0 Å². The van der Waals surface area contributed by atoms with Crippen molar-refractivity contribution in [3.63, 3.8) is 0 Å². The number of ether oxygens (including phenoxy) is 9. The monoisotopic (exact) mass is 1050 g/mol. The first-order valence-corrected chi connectivity index (χ1v) is 27.7. The van der Waals surface area contributed by atoms with Gasteiger partial charge in [0.25, 0.3) is 0 Å². The van der Waals surface area contributed by atoms with Crippen LogP contribution in [0.1, 0.15) is 119 Å². The zero-order chi connectivity index (χ0) is 51.7. The van der Waals surface area contributed by atoms with E-state index in [0.29, 0.717) is 62.6 Å². The maximum Gasteiger partial charge on any atom is 0.344 e. The van der Waals surface area contributed by atoms with Crippen LogP contribution in [-0.4, -0.2) is 91.2 Å². The Kier molecular flexibility index (Phi) is 19.6. The Morgan fingerprint density at radius 2 is 0.648 bits per heavy atom. The first kappa shape index (κ1) is 56.6. The van der Waals surface area contributed by atoms with Crippen molar-refractivity contribution in [3.05, 3.63) is 70.8 Å². The van der Waals surface area contributed by atoms with Crippen molar-refractivity contribution >= 4 is 59.0 Å². The standard InChI is InChI=1S/C56H74O11S4/c1-15-62-47(57)33-66-51-43-29-37(55(9,10)11)30-44(51)69-40-26-36(54(6,7)8)28-42-50(40)65-24-22-61-20-18-59-17-19-60-21-23-64-49-39(68-43)25-35(53(3,4)5)27-41(49)70-45-31-38(56(12,13)14)32-46(71-42)52(45)67-34-48(58)63-16-2/h25-32H,15-24,33-34H2,1-14H3. The zero-order valence-corrected chi connectivity index (χ0v) is 47.5. The van der Waals surface area contributed by atoms with Gasteiger partial charge in [-0.25, -0.2) is 9.59 Å². The van der Waals surface area contributed by atoms with Gasteiger partial charge in [-0.05, 0) is 106 Å². The third kappa shape index (κ3) is 15.7. The molecule has 0 fully saturated rings. The van der Waals surface area contributed by atoms with Gasteiger partial charge in [0, 0.05) is 0 Å². The molecule has 0 saturated carbocycles. The van der Waals surface area contributed by atoms with Crippen LogP contribution in [0.5, 0.6) is 23.0 Å². The molecule has 11 nitrogen and oxygen atoms in total.